The number of nitrogens with zero attached hydrogens (tertiary/aromatic N) is 1. The molecule has 1 aromatic heterocycles. The summed E-state index contributed by atoms with van der Waals surface area (Å²) in [5.74, 6) is 1.14. The van der Waals surface area contributed by atoms with Crippen molar-refractivity contribution in [3.63, 3.8) is 0 Å². The van der Waals surface area contributed by atoms with Crippen LogP contribution in [0.4, 0.5) is 0 Å². The van der Waals surface area contributed by atoms with Crippen molar-refractivity contribution in [1.82, 2.24) is 4.98 Å². The number of aryl methyl sites for hydroxylation is 1. The van der Waals surface area contributed by atoms with Crippen LogP contribution >= 0.6 is 0 Å². The molecular formula is C19H17NO4. The van der Waals surface area contributed by atoms with Crippen molar-refractivity contribution in [2.75, 3.05) is 14.2 Å². The van der Waals surface area contributed by atoms with E-state index in [2.05, 4.69) is 4.98 Å². The molecule has 0 aliphatic heterocycles. The zero-order valence-corrected chi connectivity index (χ0v) is 13.7. The van der Waals surface area contributed by atoms with Crippen molar-refractivity contribution in [3.05, 3.63) is 59.8 Å². The average molecular weight is 323 g/mol. The molecule has 0 saturated carbocycles. The van der Waals surface area contributed by atoms with Crippen molar-refractivity contribution >= 4 is 16.9 Å². The zero-order valence-electron chi connectivity index (χ0n) is 13.7. The minimum Gasteiger partial charge on any atom is -0.497 e. The second-order valence-electron chi connectivity index (χ2n) is 5.24. The number of ether oxygens (including phenoxy) is 3. The van der Waals surface area contributed by atoms with Crippen LogP contribution in [0.1, 0.15) is 16.1 Å². The van der Waals surface area contributed by atoms with Crippen LogP contribution in [0.5, 0.6) is 17.2 Å². The number of benzene rings is 2. The number of pyridine rings is 1. The van der Waals surface area contributed by atoms with Gasteiger partial charge in [-0.2, -0.15) is 0 Å². The Labute approximate surface area is 139 Å². The Morgan fingerprint density at radius 2 is 1.71 bits per heavy atom. The molecular weight excluding hydrogens is 306 g/mol. The molecule has 0 amide bonds. The van der Waals surface area contributed by atoms with Crippen LogP contribution in [0, 0.1) is 6.92 Å². The van der Waals surface area contributed by atoms with Crippen LogP contribution in [-0.4, -0.2) is 25.2 Å². The van der Waals surface area contributed by atoms with Gasteiger partial charge in [-0.05, 0) is 19.1 Å². The summed E-state index contributed by atoms with van der Waals surface area (Å²) in [4.78, 5) is 16.9. The second-order valence-corrected chi connectivity index (χ2v) is 5.24. The van der Waals surface area contributed by atoms with E-state index in [4.69, 9.17) is 14.2 Å². The van der Waals surface area contributed by atoms with Gasteiger partial charge in [0, 0.05) is 23.9 Å². The van der Waals surface area contributed by atoms with Crippen molar-refractivity contribution in [1.29, 1.82) is 0 Å². The van der Waals surface area contributed by atoms with E-state index >= 15 is 0 Å². The summed E-state index contributed by atoms with van der Waals surface area (Å²) in [5, 5.41) is 0.633. The molecule has 2 aromatic carbocycles. The van der Waals surface area contributed by atoms with Gasteiger partial charge in [-0.3, -0.25) is 4.98 Å². The molecule has 3 aromatic rings. The first-order chi connectivity index (χ1) is 11.6. The van der Waals surface area contributed by atoms with Crippen molar-refractivity contribution in [2.24, 2.45) is 0 Å². The number of hydrogen-bond acceptors (Lipinski definition) is 5. The molecule has 0 spiro atoms. The summed E-state index contributed by atoms with van der Waals surface area (Å²) in [7, 11) is 3.13. The number of aromatic nitrogens is 1. The lowest BCUT2D eigenvalue weighted by atomic mass is 10.1. The van der Waals surface area contributed by atoms with Gasteiger partial charge in [-0.15, -0.1) is 0 Å². The second kappa shape index (κ2) is 6.58. The quantitative estimate of drug-likeness (QED) is 0.684. The molecule has 0 aliphatic rings. The number of esters is 1. The molecule has 0 bridgehead atoms. The fourth-order valence-corrected chi connectivity index (χ4v) is 2.49. The van der Waals surface area contributed by atoms with Crippen molar-refractivity contribution < 1.29 is 19.0 Å². The van der Waals surface area contributed by atoms with Gasteiger partial charge in [0.25, 0.3) is 0 Å². The van der Waals surface area contributed by atoms with Crippen LogP contribution in [0.25, 0.3) is 10.9 Å². The fourth-order valence-electron chi connectivity index (χ4n) is 2.49. The van der Waals surface area contributed by atoms with E-state index in [1.165, 1.54) is 0 Å². The number of carbonyl (C=O) groups is 1. The Hall–Kier alpha value is -3.08. The standard InChI is InChI=1S/C19H17NO4/c1-12-9-17(24-19(21)13-7-5-4-6-8-13)18-15(20-12)10-14(22-2)11-16(18)23-3/h4-11H,1-3H3. The number of methoxy groups -OCH3 is 2. The van der Waals surface area contributed by atoms with Gasteiger partial charge in [0.15, 0.2) is 0 Å². The minimum atomic E-state index is -0.430. The van der Waals surface area contributed by atoms with Crippen molar-refractivity contribution in [2.45, 2.75) is 6.92 Å². The molecule has 0 saturated heterocycles. The highest BCUT2D eigenvalue weighted by atomic mass is 16.5. The Kier molecular flexibility index (Phi) is 4.33. The summed E-state index contributed by atoms with van der Waals surface area (Å²) in [6.07, 6.45) is 0. The van der Waals surface area contributed by atoms with Crippen LogP contribution in [0.3, 0.4) is 0 Å². The van der Waals surface area contributed by atoms with Crippen LogP contribution in [0.2, 0.25) is 0 Å². The van der Waals surface area contributed by atoms with E-state index < -0.39 is 5.97 Å². The zero-order chi connectivity index (χ0) is 17.1. The van der Waals surface area contributed by atoms with E-state index in [9.17, 15) is 4.79 Å². The summed E-state index contributed by atoms with van der Waals surface area (Å²) >= 11 is 0. The molecule has 0 fully saturated rings. The topological polar surface area (TPSA) is 57.7 Å². The Balaban J connectivity index is 2.11. The maximum absolute atomic E-state index is 12.4. The first-order valence-corrected chi connectivity index (χ1v) is 7.43. The van der Waals surface area contributed by atoms with Gasteiger partial charge < -0.3 is 14.2 Å². The summed E-state index contributed by atoms with van der Waals surface area (Å²) < 4.78 is 16.3. The van der Waals surface area contributed by atoms with Gasteiger partial charge >= 0.3 is 5.97 Å². The maximum Gasteiger partial charge on any atom is 0.343 e. The highest BCUT2D eigenvalue weighted by Crippen LogP contribution is 2.37. The van der Waals surface area contributed by atoms with E-state index in [0.717, 1.165) is 5.69 Å². The predicted octanol–water partition coefficient (Wildman–Crippen LogP) is 3.78. The molecule has 0 N–H and O–H groups in total. The molecule has 122 valence electrons. The molecule has 0 atom stereocenters. The minimum absolute atomic E-state index is 0.408. The highest BCUT2D eigenvalue weighted by Gasteiger charge is 2.16. The van der Waals surface area contributed by atoms with Crippen LogP contribution in [0.15, 0.2) is 48.5 Å². The average Bonchev–Trinajstić information content (AvgIpc) is 2.60. The molecule has 1 heterocycles. The molecule has 3 rings (SSSR count). The van der Waals surface area contributed by atoms with Gasteiger partial charge in [0.05, 0.1) is 30.7 Å². The van der Waals surface area contributed by atoms with E-state index in [0.29, 0.717) is 33.7 Å². The van der Waals surface area contributed by atoms with Crippen LogP contribution < -0.4 is 14.2 Å². The van der Waals surface area contributed by atoms with Crippen LogP contribution in [-0.2, 0) is 0 Å². The highest BCUT2D eigenvalue weighted by molar-refractivity contribution is 5.97. The molecule has 5 nitrogen and oxygen atoms in total. The smallest absolute Gasteiger partial charge is 0.343 e. The summed E-state index contributed by atoms with van der Waals surface area (Å²) in [6.45, 7) is 1.84. The molecule has 0 aliphatic carbocycles. The first-order valence-electron chi connectivity index (χ1n) is 7.43. The summed E-state index contributed by atoms with van der Waals surface area (Å²) in [5.41, 5.74) is 1.85. The van der Waals surface area contributed by atoms with Gasteiger partial charge in [0.1, 0.15) is 17.2 Å². The predicted molar refractivity (Wildman–Crippen MR) is 91.0 cm³/mol. The molecule has 5 heteroatoms. The third kappa shape index (κ3) is 3.01. The molecule has 0 unspecified atom stereocenters. The fraction of sp³-hybridized carbons (Fsp3) is 0.158. The Bertz CT molecular complexity index is 891. The monoisotopic (exact) mass is 323 g/mol. The van der Waals surface area contributed by atoms with Crippen molar-refractivity contribution in [3.8, 4) is 17.2 Å². The number of rotatable bonds is 4. The van der Waals surface area contributed by atoms with Gasteiger partial charge in [-0.25, -0.2) is 4.79 Å². The third-order valence-electron chi connectivity index (χ3n) is 3.61. The number of carbonyl (C=O) groups excluding carboxylic acids is 1. The summed E-state index contributed by atoms with van der Waals surface area (Å²) in [6, 6.07) is 14.1. The van der Waals surface area contributed by atoms with E-state index in [-0.39, 0.29) is 0 Å². The van der Waals surface area contributed by atoms with Gasteiger partial charge in [0.2, 0.25) is 0 Å². The first kappa shape index (κ1) is 15.8. The Morgan fingerprint density at radius 3 is 2.38 bits per heavy atom. The largest absolute Gasteiger partial charge is 0.497 e. The molecule has 24 heavy (non-hydrogen) atoms. The lowest BCUT2D eigenvalue weighted by Crippen LogP contribution is -2.09. The Morgan fingerprint density at radius 1 is 0.958 bits per heavy atom. The van der Waals surface area contributed by atoms with Gasteiger partial charge in [-0.1, -0.05) is 18.2 Å². The SMILES string of the molecule is COc1cc(OC)c2c(OC(=O)c3ccccc3)cc(C)nc2c1. The molecule has 0 radical (unpaired) electrons. The lowest BCUT2D eigenvalue weighted by Gasteiger charge is -2.13. The number of fused-ring (bicyclic) bond motifs is 1. The normalized spacial score (nSPS) is 10.5. The maximum atomic E-state index is 12.4. The number of hydrogen-bond donors (Lipinski definition) is 0. The lowest BCUT2D eigenvalue weighted by molar-refractivity contribution is 0.0737. The van der Waals surface area contributed by atoms with E-state index in [1.54, 1.807) is 56.7 Å². The third-order valence-corrected chi connectivity index (χ3v) is 3.61. The van der Waals surface area contributed by atoms with E-state index in [1.807, 2.05) is 13.0 Å².